The summed E-state index contributed by atoms with van der Waals surface area (Å²) < 4.78 is 14.4. The van der Waals surface area contributed by atoms with Gasteiger partial charge >= 0.3 is 17.9 Å². The minimum absolute atomic E-state index is 0.310. The summed E-state index contributed by atoms with van der Waals surface area (Å²) >= 11 is 0. The summed E-state index contributed by atoms with van der Waals surface area (Å²) in [5.41, 5.74) is 0. The quantitative estimate of drug-likeness (QED) is 0.334. The largest absolute Gasteiger partial charge is 0.468 e. The molecule has 0 aromatic carbocycles. The molecular weight excluding hydrogens is 264 g/mol. The van der Waals surface area contributed by atoms with E-state index >= 15 is 0 Å². The molecule has 0 radical (unpaired) electrons. The molecule has 1 aliphatic rings. The number of esters is 3. The van der Waals surface area contributed by atoms with Crippen LogP contribution in [0.25, 0.3) is 0 Å². The van der Waals surface area contributed by atoms with E-state index in [0.717, 1.165) is 6.42 Å². The number of hydrogen-bond acceptors (Lipinski definition) is 6. The fraction of sp³-hybridized carbons (Fsp3) is 0.643. The standard InChI is InChI=1S/C14H20O6/c1-9(15)20-11-6-4-5-10(7-8-11)12(13(16)18-2)14(17)19-3/h7-8,10-12H,4-6H2,1-3H3/t10-,11+/m0/s1. The first-order valence-corrected chi connectivity index (χ1v) is 6.50. The third-order valence-corrected chi connectivity index (χ3v) is 3.25. The molecular formula is C14H20O6. The van der Waals surface area contributed by atoms with Gasteiger partial charge in [0, 0.05) is 12.8 Å². The van der Waals surface area contributed by atoms with Crippen LogP contribution >= 0.6 is 0 Å². The van der Waals surface area contributed by atoms with Crippen molar-refractivity contribution in [2.75, 3.05) is 14.2 Å². The van der Waals surface area contributed by atoms with Crippen LogP contribution in [0.5, 0.6) is 0 Å². The number of hydrogen-bond donors (Lipinski definition) is 0. The van der Waals surface area contributed by atoms with E-state index < -0.39 is 17.9 Å². The third-order valence-electron chi connectivity index (χ3n) is 3.25. The van der Waals surface area contributed by atoms with Crippen LogP contribution in [0.15, 0.2) is 12.2 Å². The van der Waals surface area contributed by atoms with Crippen LogP contribution in [0.4, 0.5) is 0 Å². The van der Waals surface area contributed by atoms with Gasteiger partial charge in [-0.05, 0) is 25.3 Å². The number of carbonyl (C=O) groups excluding carboxylic acids is 3. The van der Waals surface area contributed by atoms with Crippen molar-refractivity contribution >= 4 is 17.9 Å². The van der Waals surface area contributed by atoms with E-state index in [9.17, 15) is 14.4 Å². The van der Waals surface area contributed by atoms with E-state index in [-0.39, 0.29) is 18.0 Å². The first-order chi connectivity index (χ1) is 9.49. The highest BCUT2D eigenvalue weighted by molar-refractivity contribution is 5.95. The molecule has 112 valence electrons. The second-order valence-electron chi connectivity index (χ2n) is 4.65. The summed E-state index contributed by atoms with van der Waals surface area (Å²) in [4.78, 5) is 34.4. The van der Waals surface area contributed by atoms with Crippen molar-refractivity contribution in [3.8, 4) is 0 Å². The van der Waals surface area contributed by atoms with Crippen LogP contribution in [0, 0.1) is 11.8 Å². The molecule has 2 atom stereocenters. The van der Waals surface area contributed by atoms with Crippen LogP contribution in [-0.4, -0.2) is 38.2 Å². The molecule has 0 heterocycles. The minimum Gasteiger partial charge on any atom is -0.468 e. The zero-order chi connectivity index (χ0) is 15.1. The predicted molar refractivity (Wildman–Crippen MR) is 69.6 cm³/mol. The minimum atomic E-state index is -0.975. The molecule has 6 nitrogen and oxygen atoms in total. The fourth-order valence-electron chi connectivity index (χ4n) is 2.30. The van der Waals surface area contributed by atoms with Crippen molar-refractivity contribution < 1.29 is 28.6 Å². The number of rotatable bonds is 4. The van der Waals surface area contributed by atoms with Crippen LogP contribution in [0.2, 0.25) is 0 Å². The molecule has 0 bridgehead atoms. The van der Waals surface area contributed by atoms with Gasteiger partial charge in [-0.2, -0.15) is 0 Å². The summed E-state index contributed by atoms with van der Waals surface area (Å²) in [5, 5.41) is 0. The van der Waals surface area contributed by atoms with E-state index in [1.54, 1.807) is 12.2 Å². The van der Waals surface area contributed by atoms with Gasteiger partial charge in [0.05, 0.1) is 14.2 Å². The average molecular weight is 284 g/mol. The molecule has 20 heavy (non-hydrogen) atoms. The van der Waals surface area contributed by atoms with Crippen molar-refractivity contribution in [3.63, 3.8) is 0 Å². The Morgan fingerprint density at radius 1 is 1.05 bits per heavy atom. The zero-order valence-electron chi connectivity index (χ0n) is 12.0. The molecule has 0 aromatic heterocycles. The lowest BCUT2D eigenvalue weighted by atomic mass is 9.88. The van der Waals surface area contributed by atoms with Gasteiger partial charge in [0.1, 0.15) is 6.10 Å². The van der Waals surface area contributed by atoms with Gasteiger partial charge in [-0.25, -0.2) is 0 Å². The van der Waals surface area contributed by atoms with E-state index in [2.05, 4.69) is 9.47 Å². The highest BCUT2D eigenvalue weighted by atomic mass is 16.5. The van der Waals surface area contributed by atoms with Crippen molar-refractivity contribution in [1.29, 1.82) is 0 Å². The number of carbonyl (C=O) groups is 3. The molecule has 0 fully saturated rings. The van der Waals surface area contributed by atoms with E-state index in [0.29, 0.717) is 12.8 Å². The Bertz CT molecular complexity index is 384. The van der Waals surface area contributed by atoms with Gasteiger partial charge in [0.15, 0.2) is 5.92 Å². The maximum atomic E-state index is 11.7. The van der Waals surface area contributed by atoms with Crippen molar-refractivity contribution in [3.05, 3.63) is 12.2 Å². The van der Waals surface area contributed by atoms with Crippen molar-refractivity contribution in [2.24, 2.45) is 11.8 Å². The Balaban J connectivity index is 2.84. The Morgan fingerprint density at radius 2 is 1.65 bits per heavy atom. The molecule has 0 amide bonds. The van der Waals surface area contributed by atoms with Gasteiger partial charge in [-0.3, -0.25) is 14.4 Å². The highest BCUT2D eigenvalue weighted by Crippen LogP contribution is 2.27. The number of allylic oxidation sites excluding steroid dienone is 1. The van der Waals surface area contributed by atoms with E-state index in [1.807, 2.05) is 0 Å². The van der Waals surface area contributed by atoms with E-state index in [1.165, 1.54) is 21.1 Å². The summed E-state index contributed by atoms with van der Waals surface area (Å²) in [6.45, 7) is 1.35. The molecule has 0 N–H and O–H groups in total. The molecule has 1 aliphatic carbocycles. The summed E-state index contributed by atoms with van der Waals surface area (Å²) in [6, 6.07) is 0. The lowest BCUT2D eigenvalue weighted by Gasteiger charge is -2.19. The Morgan fingerprint density at radius 3 is 2.15 bits per heavy atom. The summed E-state index contributed by atoms with van der Waals surface area (Å²) in [5.74, 6) is -2.86. The molecule has 0 unspecified atom stereocenters. The van der Waals surface area contributed by atoms with Gasteiger partial charge in [0.2, 0.25) is 0 Å². The highest BCUT2D eigenvalue weighted by Gasteiger charge is 2.36. The predicted octanol–water partition coefficient (Wildman–Crippen LogP) is 1.24. The monoisotopic (exact) mass is 284 g/mol. The lowest BCUT2D eigenvalue weighted by Crippen LogP contribution is -2.32. The molecule has 0 spiro atoms. The number of methoxy groups -OCH3 is 2. The maximum absolute atomic E-state index is 11.7. The molecule has 6 heteroatoms. The molecule has 1 rings (SSSR count). The third kappa shape index (κ3) is 4.36. The Kier molecular flexibility index (Phi) is 6.21. The Labute approximate surface area is 118 Å². The van der Waals surface area contributed by atoms with Crippen LogP contribution < -0.4 is 0 Å². The van der Waals surface area contributed by atoms with Crippen molar-refractivity contribution in [1.82, 2.24) is 0 Å². The van der Waals surface area contributed by atoms with Crippen LogP contribution in [0.1, 0.15) is 26.2 Å². The van der Waals surface area contributed by atoms with Crippen molar-refractivity contribution in [2.45, 2.75) is 32.3 Å². The van der Waals surface area contributed by atoms with Gasteiger partial charge in [0.25, 0.3) is 0 Å². The van der Waals surface area contributed by atoms with Gasteiger partial charge in [-0.15, -0.1) is 0 Å². The first-order valence-electron chi connectivity index (χ1n) is 6.50. The molecule has 0 saturated heterocycles. The fourth-order valence-corrected chi connectivity index (χ4v) is 2.30. The summed E-state index contributed by atoms with van der Waals surface area (Å²) in [6.07, 6.45) is 5.18. The molecule has 0 aliphatic heterocycles. The lowest BCUT2D eigenvalue weighted by molar-refractivity contribution is -0.160. The topological polar surface area (TPSA) is 78.9 Å². The second-order valence-corrected chi connectivity index (χ2v) is 4.65. The second kappa shape index (κ2) is 7.67. The normalized spacial score (nSPS) is 22.0. The molecule has 0 saturated carbocycles. The number of ether oxygens (including phenoxy) is 3. The average Bonchev–Trinajstić information content (AvgIpc) is 2.63. The van der Waals surface area contributed by atoms with Gasteiger partial charge < -0.3 is 14.2 Å². The van der Waals surface area contributed by atoms with E-state index in [4.69, 9.17) is 4.74 Å². The smallest absolute Gasteiger partial charge is 0.320 e. The Hall–Kier alpha value is -1.85. The zero-order valence-corrected chi connectivity index (χ0v) is 12.0. The van der Waals surface area contributed by atoms with Gasteiger partial charge in [-0.1, -0.05) is 6.08 Å². The molecule has 0 aromatic rings. The maximum Gasteiger partial charge on any atom is 0.320 e. The van der Waals surface area contributed by atoms with Crippen LogP contribution in [-0.2, 0) is 28.6 Å². The van der Waals surface area contributed by atoms with Crippen LogP contribution in [0.3, 0.4) is 0 Å². The first kappa shape index (κ1) is 16.2. The SMILES string of the molecule is COC(=O)C(C(=O)OC)[C@@H]1C=C[C@H](OC(C)=O)CCC1. The summed E-state index contributed by atoms with van der Waals surface area (Å²) in [7, 11) is 2.47.